The van der Waals surface area contributed by atoms with Gasteiger partial charge in [0.1, 0.15) is 24.3 Å². The third-order valence-corrected chi connectivity index (χ3v) is 8.04. The number of halogens is 2. The Kier molecular flexibility index (Phi) is 14.0. The first-order chi connectivity index (χ1) is 23.1. The van der Waals surface area contributed by atoms with Crippen molar-refractivity contribution in [2.24, 2.45) is 16.9 Å². The summed E-state index contributed by atoms with van der Waals surface area (Å²) in [5.41, 5.74) is 12.6. The van der Waals surface area contributed by atoms with Gasteiger partial charge in [0.25, 0.3) is 0 Å². The van der Waals surface area contributed by atoms with E-state index in [1.807, 2.05) is 55.7 Å². The van der Waals surface area contributed by atoms with Crippen LogP contribution in [0.15, 0.2) is 60.8 Å². The first kappa shape index (κ1) is 38.8. The van der Waals surface area contributed by atoms with Crippen molar-refractivity contribution in [3.05, 3.63) is 83.7 Å². The van der Waals surface area contributed by atoms with Gasteiger partial charge in [-0.15, -0.1) is 0 Å². The Hall–Kier alpha value is -4.66. The zero-order valence-electron chi connectivity index (χ0n) is 28.0. The van der Waals surface area contributed by atoms with Crippen LogP contribution in [0.2, 0.25) is 0 Å². The van der Waals surface area contributed by atoms with E-state index in [0.29, 0.717) is 17.8 Å². The lowest BCUT2D eigenvalue weighted by atomic mass is 9.82. The molecule has 0 aliphatic carbocycles. The smallest absolute Gasteiger partial charge is 0.320 e. The number of hydrogen-bond acceptors (Lipinski definition) is 7. The van der Waals surface area contributed by atoms with E-state index in [0.717, 1.165) is 23.8 Å². The Labute approximate surface area is 284 Å². The SMILES string of the molecule is CC(C)(C)[C@H](c1cc(-c2cc(F)ccc2F)cn1Cc1ccccc1)N(CC[C@H](N)C(=O)NCCN[C@@H](CCC(N)=O)C(=O)O)C(=O)CO. The number of aromatic nitrogens is 1. The summed E-state index contributed by atoms with van der Waals surface area (Å²) < 4.78 is 31.1. The summed E-state index contributed by atoms with van der Waals surface area (Å²) in [5.74, 6) is -4.15. The highest BCUT2D eigenvalue weighted by molar-refractivity contribution is 5.82. The molecule has 0 aliphatic rings. The Morgan fingerprint density at radius 2 is 1.69 bits per heavy atom. The maximum absolute atomic E-state index is 15.0. The first-order valence-corrected chi connectivity index (χ1v) is 16.0. The molecule has 12 nitrogen and oxygen atoms in total. The maximum Gasteiger partial charge on any atom is 0.320 e. The molecule has 0 bridgehead atoms. The predicted molar refractivity (Wildman–Crippen MR) is 180 cm³/mol. The molecule has 1 heterocycles. The fraction of sp³-hybridized carbons (Fsp3) is 0.429. The van der Waals surface area contributed by atoms with Crippen molar-refractivity contribution in [3.8, 4) is 11.1 Å². The second-order valence-corrected chi connectivity index (χ2v) is 12.9. The summed E-state index contributed by atoms with van der Waals surface area (Å²) in [5, 5.41) is 24.7. The van der Waals surface area contributed by atoms with Crippen molar-refractivity contribution in [2.45, 2.75) is 64.7 Å². The monoisotopic (exact) mass is 684 g/mol. The van der Waals surface area contributed by atoms with Crippen molar-refractivity contribution in [1.29, 1.82) is 0 Å². The Bertz CT molecular complexity index is 1590. The molecule has 0 unspecified atom stereocenters. The normalized spacial score (nSPS) is 13.4. The zero-order chi connectivity index (χ0) is 36.3. The maximum atomic E-state index is 15.0. The lowest BCUT2D eigenvalue weighted by Gasteiger charge is -2.41. The van der Waals surface area contributed by atoms with E-state index in [1.165, 1.54) is 4.90 Å². The summed E-state index contributed by atoms with van der Waals surface area (Å²) in [6, 6.07) is 11.6. The highest BCUT2D eigenvalue weighted by Gasteiger charge is 2.37. The molecule has 0 radical (unpaired) electrons. The minimum Gasteiger partial charge on any atom is -0.480 e. The van der Waals surface area contributed by atoms with Gasteiger partial charge in [-0.3, -0.25) is 19.2 Å². The number of carboxylic acids is 1. The van der Waals surface area contributed by atoms with Gasteiger partial charge in [0.15, 0.2) is 0 Å². The highest BCUT2D eigenvalue weighted by Crippen LogP contribution is 2.41. The molecule has 2 aromatic carbocycles. The highest BCUT2D eigenvalue weighted by atomic mass is 19.1. The van der Waals surface area contributed by atoms with Gasteiger partial charge in [0, 0.05) is 55.6 Å². The van der Waals surface area contributed by atoms with Crippen LogP contribution in [0.5, 0.6) is 0 Å². The number of aliphatic hydroxyl groups excluding tert-OH is 1. The average molecular weight is 685 g/mol. The zero-order valence-corrected chi connectivity index (χ0v) is 28.0. The molecule has 0 spiro atoms. The summed E-state index contributed by atoms with van der Waals surface area (Å²) >= 11 is 0. The van der Waals surface area contributed by atoms with Crippen LogP contribution in [0.4, 0.5) is 8.78 Å². The molecule has 0 saturated heterocycles. The molecule has 3 amide bonds. The number of benzene rings is 2. The van der Waals surface area contributed by atoms with Gasteiger partial charge < -0.3 is 41.8 Å². The number of primary amides is 1. The fourth-order valence-electron chi connectivity index (χ4n) is 5.67. The quantitative estimate of drug-likeness (QED) is 0.110. The number of rotatable bonds is 18. The Balaban J connectivity index is 1.85. The van der Waals surface area contributed by atoms with Crippen LogP contribution in [0.25, 0.3) is 11.1 Å². The molecule has 0 aliphatic heterocycles. The molecule has 266 valence electrons. The number of amides is 3. The van der Waals surface area contributed by atoms with E-state index in [-0.39, 0.29) is 44.5 Å². The summed E-state index contributed by atoms with van der Waals surface area (Å²) in [7, 11) is 0. The summed E-state index contributed by atoms with van der Waals surface area (Å²) in [6.07, 6.45) is 1.60. The molecule has 3 atom stereocenters. The first-order valence-electron chi connectivity index (χ1n) is 16.0. The van der Waals surface area contributed by atoms with Crippen LogP contribution in [0.3, 0.4) is 0 Å². The second-order valence-electron chi connectivity index (χ2n) is 12.9. The fourth-order valence-corrected chi connectivity index (χ4v) is 5.67. The molecule has 8 N–H and O–H groups in total. The van der Waals surface area contributed by atoms with Gasteiger partial charge in [0.05, 0.1) is 12.1 Å². The number of nitrogens with one attached hydrogen (secondary N) is 2. The number of aliphatic hydroxyl groups is 1. The van der Waals surface area contributed by atoms with Crippen LogP contribution in [-0.2, 0) is 25.7 Å². The Morgan fingerprint density at radius 3 is 2.31 bits per heavy atom. The number of nitrogens with zero attached hydrogens (tertiary/aromatic N) is 2. The lowest BCUT2D eigenvalue weighted by Crippen LogP contribution is -2.48. The number of nitrogens with two attached hydrogens (primary N) is 2. The molecule has 3 rings (SSSR count). The minimum absolute atomic E-state index is 0.00477. The molecule has 0 saturated carbocycles. The van der Waals surface area contributed by atoms with E-state index in [4.69, 9.17) is 11.5 Å². The number of hydrogen-bond donors (Lipinski definition) is 6. The van der Waals surface area contributed by atoms with Crippen molar-refractivity contribution in [1.82, 2.24) is 20.1 Å². The molecular formula is C35H46F2N6O6. The van der Waals surface area contributed by atoms with Crippen LogP contribution in [-0.4, -0.2) is 81.7 Å². The molecule has 1 aromatic heterocycles. The molecule has 49 heavy (non-hydrogen) atoms. The third kappa shape index (κ3) is 11.2. The van der Waals surface area contributed by atoms with Crippen LogP contribution >= 0.6 is 0 Å². The number of carbonyl (C=O) groups excluding carboxylic acids is 3. The van der Waals surface area contributed by atoms with Crippen molar-refractivity contribution in [2.75, 3.05) is 26.2 Å². The lowest BCUT2D eigenvalue weighted by molar-refractivity contribution is -0.140. The molecular weight excluding hydrogens is 638 g/mol. The Morgan fingerprint density at radius 1 is 1.00 bits per heavy atom. The predicted octanol–water partition coefficient (Wildman–Crippen LogP) is 2.53. The number of aliphatic carboxylic acids is 1. The number of carbonyl (C=O) groups is 4. The van der Waals surface area contributed by atoms with Gasteiger partial charge in [-0.25, -0.2) is 8.78 Å². The van der Waals surface area contributed by atoms with Crippen molar-refractivity contribution >= 4 is 23.7 Å². The minimum atomic E-state index is -1.16. The van der Waals surface area contributed by atoms with Crippen LogP contribution in [0.1, 0.15) is 57.3 Å². The van der Waals surface area contributed by atoms with Crippen molar-refractivity contribution in [3.63, 3.8) is 0 Å². The van der Waals surface area contributed by atoms with Gasteiger partial charge in [-0.1, -0.05) is 51.1 Å². The van der Waals surface area contributed by atoms with E-state index >= 15 is 0 Å². The van der Waals surface area contributed by atoms with Crippen LogP contribution in [0, 0.1) is 17.0 Å². The van der Waals surface area contributed by atoms with Gasteiger partial charge in [-0.05, 0) is 48.1 Å². The van der Waals surface area contributed by atoms with E-state index in [9.17, 15) is 38.2 Å². The van der Waals surface area contributed by atoms with Crippen molar-refractivity contribution < 1.29 is 38.2 Å². The van der Waals surface area contributed by atoms with E-state index < -0.39 is 65.5 Å². The molecule has 3 aromatic rings. The van der Waals surface area contributed by atoms with E-state index in [1.54, 1.807) is 12.3 Å². The second kappa shape index (κ2) is 17.7. The molecule has 14 heteroatoms. The standard InChI is InChI=1S/C35H46F2N6O6/c1-35(2,3)32(29-17-23(25-18-24(36)9-10-26(25)37)20-42(29)19-22-7-5-4-6-8-22)43(31(46)21-44)16-13-27(38)33(47)41-15-14-40-28(34(48)49)11-12-30(39)45/h4-10,17-18,20,27-28,32,40,44H,11-16,19,21,38H2,1-3H3,(H2,39,45)(H,41,47)(H,48,49)/t27-,28-,32-/m0/s1. The molecule has 0 fully saturated rings. The van der Waals surface area contributed by atoms with Gasteiger partial charge in [-0.2, -0.15) is 0 Å². The van der Waals surface area contributed by atoms with E-state index in [2.05, 4.69) is 10.6 Å². The third-order valence-electron chi connectivity index (χ3n) is 8.04. The topological polar surface area (TPSA) is 193 Å². The van der Waals surface area contributed by atoms with Crippen LogP contribution < -0.4 is 22.1 Å². The number of carboxylic acid groups (broad SMARTS) is 1. The van der Waals surface area contributed by atoms with Gasteiger partial charge in [0.2, 0.25) is 17.7 Å². The summed E-state index contributed by atoms with van der Waals surface area (Å²) in [6.45, 7) is 5.36. The largest absolute Gasteiger partial charge is 0.480 e. The van der Waals surface area contributed by atoms with Gasteiger partial charge >= 0.3 is 5.97 Å². The average Bonchev–Trinajstić information content (AvgIpc) is 3.44. The summed E-state index contributed by atoms with van der Waals surface area (Å²) in [4.78, 5) is 50.1.